The lowest BCUT2D eigenvalue weighted by atomic mass is 9.72. The number of carbonyl (C=O) groups is 1. The molecule has 0 aromatic rings. The van der Waals surface area contributed by atoms with Gasteiger partial charge in [-0.05, 0) is 34.6 Å². The predicted molar refractivity (Wildman–Crippen MR) is 97.5 cm³/mol. The number of esters is 1. The second-order valence-electron chi connectivity index (χ2n) is 8.90. The zero-order valence-corrected chi connectivity index (χ0v) is 17.3. The number of fused-ring (bicyclic) bond motifs is 1. The summed E-state index contributed by atoms with van der Waals surface area (Å²) in [6.45, 7) is 10.5. The van der Waals surface area contributed by atoms with Gasteiger partial charge in [0.05, 0.1) is 16.9 Å². The molecule has 0 radical (unpaired) electrons. The van der Waals surface area contributed by atoms with E-state index in [9.17, 15) is 9.90 Å². The van der Waals surface area contributed by atoms with E-state index in [1.807, 2.05) is 6.92 Å². The molecule has 2 fully saturated rings. The number of aliphatic hydroxyl groups is 1. The molecule has 7 nitrogen and oxygen atoms in total. The standard InChI is InChI=1S/C20H32O7/c1-9-10-13(23-8)20(7)14(12(21)11-24-17(22)18(2,3)4)25-16-15(20)26-19(5,6)27-16/h1,12-16,21H,10-11H2,2-8H3/t12-,13+,14-,15+,16-,20-/m1/s1. The zero-order valence-electron chi connectivity index (χ0n) is 17.3. The van der Waals surface area contributed by atoms with Crippen molar-refractivity contribution in [2.24, 2.45) is 10.8 Å². The third-order valence-electron chi connectivity index (χ3n) is 5.19. The van der Waals surface area contributed by atoms with Crippen LogP contribution in [0.1, 0.15) is 48.0 Å². The highest BCUT2D eigenvalue weighted by Gasteiger charge is 2.65. The van der Waals surface area contributed by atoms with Crippen molar-refractivity contribution in [2.45, 2.75) is 84.5 Å². The van der Waals surface area contributed by atoms with Crippen molar-refractivity contribution in [1.82, 2.24) is 0 Å². The first-order chi connectivity index (χ1) is 12.4. The number of methoxy groups -OCH3 is 1. The van der Waals surface area contributed by atoms with Gasteiger partial charge in [0.1, 0.15) is 24.9 Å². The lowest BCUT2D eigenvalue weighted by molar-refractivity contribution is -0.241. The topological polar surface area (TPSA) is 83.5 Å². The van der Waals surface area contributed by atoms with E-state index in [1.165, 1.54) is 0 Å². The fraction of sp³-hybridized carbons (Fsp3) is 0.850. The molecule has 2 saturated heterocycles. The number of carbonyl (C=O) groups excluding carboxylic acids is 1. The van der Waals surface area contributed by atoms with Crippen LogP contribution in [0.4, 0.5) is 0 Å². The molecule has 0 unspecified atom stereocenters. The van der Waals surface area contributed by atoms with Gasteiger partial charge in [-0.3, -0.25) is 4.79 Å². The van der Waals surface area contributed by atoms with E-state index >= 15 is 0 Å². The van der Waals surface area contributed by atoms with Gasteiger partial charge in [0.25, 0.3) is 0 Å². The lowest BCUT2D eigenvalue weighted by Gasteiger charge is -2.41. The van der Waals surface area contributed by atoms with Crippen molar-refractivity contribution < 1.29 is 33.6 Å². The van der Waals surface area contributed by atoms with E-state index in [0.29, 0.717) is 6.42 Å². The van der Waals surface area contributed by atoms with Crippen LogP contribution in [0, 0.1) is 23.2 Å². The third kappa shape index (κ3) is 4.30. The van der Waals surface area contributed by atoms with Crippen LogP contribution < -0.4 is 0 Å². The van der Waals surface area contributed by atoms with Crippen LogP contribution in [0.3, 0.4) is 0 Å². The Morgan fingerprint density at radius 3 is 2.44 bits per heavy atom. The number of terminal acetylenes is 1. The summed E-state index contributed by atoms with van der Waals surface area (Å²) in [6, 6.07) is 0. The van der Waals surface area contributed by atoms with Gasteiger partial charge in [-0.25, -0.2) is 0 Å². The molecule has 0 amide bonds. The minimum Gasteiger partial charge on any atom is -0.462 e. The van der Waals surface area contributed by atoms with Gasteiger partial charge in [0.15, 0.2) is 12.1 Å². The zero-order chi connectivity index (χ0) is 20.6. The van der Waals surface area contributed by atoms with E-state index in [2.05, 4.69) is 5.92 Å². The van der Waals surface area contributed by atoms with Gasteiger partial charge in [-0.2, -0.15) is 0 Å². The highest BCUT2D eigenvalue weighted by atomic mass is 16.8. The van der Waals surface area contributed by atoms with Gasteiger partial charge in [0.2, 0.25) is 0 Å². The summed E-state index contributed by atoms with van der Waals surface area (Å²) in [4.78, 5) is 12.0. The van der Waals surface area contributed by atoms with Crippen LogP contribution in [0.25, 0.3) is 0 Å². The molecule has 7 heteroatoms. The fourth-order valence-electron chi connectivity index (χ4n) is 3.70. The third-order valence-corrected chi connectivity index (χ3v) is 5.19. The Balaban J connectivity index is 2.23. The molecule has 0 saturated carbocycles. The molecule has 154 valence electrons. The van der Waals surface area contributed by atoms with Crippen LogP contribution in [0.5, 0.6) is 0 Å². The molecule has 2 rings (SSSR count). The van der Waals surface area contributed by atoms with Crippen molar-refractivity contribution in [1.29, 1.82) is 0 Å². The maximum absolute atomic E-state index is 12.0. The highest BCUT2D eigenvalue weighted by molar-refractivity contribution is 5.75. The van der Waals surface area contributed by atoms with Crippen molar-refractivity contribution in [3.05, 3.63) is 0 Å². The van der Waals surface area contributed by atoms with Crippen molar-refractivity contribution in [2.75, 3.05) is 13.7 Å². The number of aliphatic hydroxyl groups excluding tert-OH is 1. The molecule has 2 aliphatic rings. The Labute approximate surface area is 161 Å². The molecule has 0 spiro atoms. The normalized spacial score (nSPS) is 34.6. The minimum absolute atomic E-state index is 0.203. The Kier molecular flexibility index (Phi) is 6.30. The average Bonchev–Trinajstić information content (AvgIpc) is 3.00. The summed E-state index contributed by atoms with van der Waals surface area (Å²) >= 11 is 0. The first-order valence-electron chi connectivity index (χ1n) is 9.19. The van der Waals surface area contributed by atoms with Gasteiger partial charge in [-0.15, -0.1) is 12.3 Å². The molecule has 1 N–H and O–H groups in total. The maximum atomic E-state index is 12.0. The van der Waals surface area contributed by atoms with Gasteiger partial charge in [0, 0.05) is 13.5 Å². The van der Waals surface area contributed by atoms with Crippen LogP contribution in [0.15, 0.2) is 0 Å². The second-order valence-corrected chi connectivity index (χ2v) is 8.90. The predicted octanol–water partition coefficient (Wildman–Crippen LogP) is 1.86. The molecule has 27 heavy (non-hydrogen) atoms. The molecule has 2 heterocycles. The van der Waals surface area contributed by atoms with Crippen LogP contribution in [-0.4, -0.2) is 61.3 Å². The van der Waals surface area contributed by atoms with E-state index in [1.54, 1.807) is 41.7 Å². The molecule has 0 aromatic heterocycles. The number of hydrogen-bond acceptors (Lipinski definition) is 7. The summed E-state index contributed by atoms with van der Waals surface area (Å²) < 4.78 is 28.8. The maximum Gasteiger partial charge on any atom is 0.311 e. The van der Waals surface area contributed by atoms with E-state index in [4.69, 9.17) is 30.1 Å². The molecule has 0 aromatic carbocycles. The van der Waals surface area contributed by atoms with E-state index in [-0.39, 0.29) is 6.61 Å². The molecule has 6 atom stereocenters. The Morgan fingerprint density at radius 2 is 1.93 bits per heavy atom. The lowest BCUT2D eigenvalue weighted by Crippen LogP contribution is -2.54. The first kappa shape index (κ1) is 22.1. The summed E-state index contributed by atoms with van der Waals surface area (Å²) in [5, 5.41) is 10.8. The Morgan fingerprint density at radius 1 is 1.30 bits per heavy atom. The molecule has 0 aliphatic carbocycles. The highest BCUT2D eigenvalue weighted by Crippen LogP contribution is 2.52. The van der Waals surface area contributed by atoms with Crippen LogP contribution in [-0.2, 0) is 28.5 Å². The second kappa shape index (κ2) is 7.69. The van der Waals surface area contributed by atoms with Gasteiger partial charge < -0.3 is 28.8 Å². The number of hydrogen-bond donors (Lipinski definition) is 1. The van der Waals surface area contributed by atoms with E-state index in [0.717, 1.165) is 0 Å². The summed E-state index contributed by atoms with van der Waals surface area (Å²) in [6.07, 6.45) is 2.41. The van der Waals surface area contributed by atoms with Gasteiger partial charge >= 0.3 is 5.97 Å². The van der Waals surface area contributed by atoms with Crippen molar-refractivity contribution in [3.63, 3.8) is 0 Å². The molecular weight excluding hydrogens is 352 g/mol. The summed E-state index contributed by atoms with van der Waals surface area (Å²) in [5.41, 5.74) is -1.46. The monoisotopic (exact) mass is 384 g/mol. The molecule has 0 bridgehead atoms. The molecule has 2 aliphatic heterocycles. The van der Waals surface area contributed by atoms with Crippen molar-refractivity contribution >= 4 is 5.97 Å². The Hall–Kier alpha value is -1.17. The van der Waals surface area contributed by atoms with Crippen LogP contribution >= 0.6 is 0 Å². The largest absolute Gasteiger partial charge is 0.462 e. The fourth-order valence-corrected chi connectivity index (χ4v) is 3.70. The van der Waals surface area contributed by atoms with E-state index < -0.39 is 53.3 Å². The van der Waals surface area contributed by atoms with Gasteiger partial charge in [-0.1, -0.05) is 6.92 Å². The smallest absolute Gasteiger partial charge is 0.311 e. The number of rotatable bonds is 6. The average molecular weight is 384 g/mol. The Bertz CT molecular complexity index is 588. The quantitative estimate of drug-likeness (QED) is 0.553. The summed E-state index contributed by atoms with van der Waals surface area (Å²) in [7, 11) is 1.56. The summed E-state index contributed by atoms with van der Waals surface area (Å²) in [5.74, 6) is 1.39. The molecular formula is C20H32O7. The van der Waals surface area contributed by atoms with Crippen LogP contribution in [0.2, 0.25) is 0 Å². The first-order valence-corrected chi connectivity index (χ1v) is 9.19. The van der Waals surface area contributed by atoms with Crippen molar-refractivity contribution in [3.8, 4) is 12.3 Å². The SMILES string of the molecule is C#CC[C@H](OC)[C@]1(C)[C@@H]([C@H](O)COC(=O)C(C)(C)C)O[C@@H]2OC(C)(C)O[C@@H]21. The number of ether oxygens (including phenoxy) is 5. The minimum atomic E-state index is -1.09.